The van der Waals surface area contributed by atoms with Gasteiger partial charge in [0.2, 0.25) is 17.7 Å². The molecule has 0 spiro atoms. The Kier molecular flexibility index (Phi) is 10.8. The number of carbonyl (C=O) groups excluding carboxylic acids is 4. The quantitative estimate of drug-likeness (QED) is 0.308. The van der Waals surface area contributed by atoms with Crippen LogP contribution >= 0.6 is 0 Å². The van der Waals surface area contributed by atoms with E-state index in [2.05, 4.69) is 5.32 Å². The molecule has 4 N–H and O–H groups in total. The van der Waals surface area contributed by atoms with Gasteiger partial charge in [0.25, 0.3) is 0 Å². The number of hydrogen-bond donors (Lipinski definition) is 3. The Bertz CT molecular complexity index is 1380. The summed E-state index contributed by atoms with van der Waals surface area (Å²) in [4.78, 5) is 67.0. The molecule has 45 heavy (non-hydrogen) atoms. The minimum atomic E-state index is -1.47. The van der Waals surface area contributed by atoms with Crippen LogP contribution in [0.1, 0.15) is 69.4 Å². The number of ether oxygens (including phenoxy) is 1. The maximum atomic E-state index is 14.1. The summed E-state index contributed by atoms with van der Waals surface area (Å²) in [5.41, 5.74) is 9.61. The van der Waals surface area contributed by atoms with Crippen LogP contribution in [-0.4, -0.2) is 83.5 Å². The first-order chi connectivity index (χ1) is 21.5. The summed E-state index contributed by atoms with van der Waals surface area (Å²) in [5.74, 6) is -3.92. The van der Waals surface area contributed by atoms with Crippen molar-refractivity contribution in [3.8, 4) is 11.1 Å². The van der Waals surface area contributed by atoms with Crippen LogP contribution in [0.3, 0.4) is 0 Å². The lowest BCUT2D eigenvalue weighted by Crippen LogP contribution is -2.59. The first-order valence-corrected chi connectivity index (χ1v) is 15.6. The standard InChI is InChI=1S/C34H44N4O7/c1-5-20(2)29(36-34(44)45-19-26-24-16-10-8-14-22(24)23-15-9-11-17-25(23)26)31(40)38(4)30(21-12-6-7-13-21)32(41)37(3)27(33(42)43)18-28(35)39/h8-11,14-17,20-21,26-27,29-30H,5-7,12-13,18-19H2,1-4H3,(H2,35,39)(H,36,44)(H,42,43)/t20-,27-,29-,30?/m0/s1. The van der Waals surface area contributed by atoms with Crippen LogP contribution in [0.15, 0.2) is 48.5 Å². The first-order valence-electron chi connectivity index (χ1n) is 15.6. The van der Waals surface area contributed by atoms with E-state index in [1.807, 2.05) is 62.4 Å². The molecule has 2 aromatic carbocycles. The number of carbonyl (C=O) groups is 5. The van der Waals surface area contributed by atoms with Crippen molar-refractivity contribution in [2.75, 3.05) is 20.7 Å². The number of carboxylic acid groups (broad SMARTS) is 1. The molecule has 0 saturated heterocycles. The molecule has 0 heterocycles. The lowest BCUT2D eigenvalue weighted by molar-refractivity contribution is -0.156. The highest BCUT2D eigenvalue weighted by atomic mass is 16.5. The van der Waals surface area contributed by atoms with Crippen molar-refractivity contribution in [1.82, 2.24) is 15.1 Å². The van der Waals surface area contributed by atoms with E-state index in [9.17, 15) is 29.1 Å². The highest BCUT2D eigenvalue weighted by Crippen LogP contribution is 2.44. The number of nitrogens with zero attached hydrogens (tertiary/aromatic N) is 2. The summed E-state index contributed by atoms with van der Waals surface area (Å²) in [6.07, 6.45) is 2.39. The summed E-state index contributed by atoms with van der Waals surface area (Å²) in [7, 11) is 2.82. The van der Waals surface area contributed by atoms with Crippen molar-refractivity contribution in [3.63, 3.8) is 0 Å². The fourth-order valence-corrected chi connectivity index (χ4v) is 6.71. The summed E-state index contributed by atoms with van der Waals surface area (Å²) in [6, 6.07) is 12.6. The van der Waals surface area contributed by atoms with Gasteiger partial charge in [-0.15, -0.1) is 0 Å². The molecule has 2 aliphatic rings. The van der Waals surface area contributed by atoms with Gasteiger partial charge in [0.15, 0.2) is 0 Å². The van der Waals surface area contributed by atoms with Crippen LogP contribution in [0.4, 0.5) is 4.79 Å². The van der Waals surface area contributed by atoms with Crippen LogP contribution in [-0.2, 0) is 23.9 Å². The molecule has 4 amide bonds. The molecule has 0 radical (unpaired) electrons. The van der Waals surface area contributed by atoms with E-state index in [0.29, 0.717) is 19.3 Å². The molecule has 2 aliphatic carbocycles. The van der Waals surface area contributed by atoms with E-state index >= 15 is 0 Å². The van der Waals surface area contributed by atoms with E-state index in [1.54, 1.807) is 0 Å². The van der Waals surface area contributed by atoms with Crippen molar-refractivity contribution in [2.24, 2.45) is 17.6 Å². The molecule has 11 heteroatoms. The number of hydrogen-bond acceptors (Lipinski definition) is 6. The molecule has 11 nitrogen and oxygen atoms in total. The highest BCUT2D eigenvalue weighted by molar-refractivity contribution is 5.94. The molecule has 2 aromatic rings. The largest absolute Gasteiger partial charge is 0.480 e. The van der Waals surface area contributed by atoms with E-state index in [4.69, 9.17) is 10.5 Å². The number of rotatable bonds is 13. The van der Waals surface area contributed by atoms with Gasteiger partial charge >= 0.3 is 12.1 Å². The zero-order valence-electron chi connectivity index (χ0n) is 26.4. The molecule has 4 rings (SSSR count). The van der Waals surface area contributed by atoms with Gasteiger partial charge in [0.1, 0.15) is 24.7 Å². The van der Waals surface area contributed by atoms with E-state index in [-0.39, 0.29) is 24.4 Å². The van der Waals surface area contributed by atoms with Crippen molar-refractivity contribution >= 4 is 29.8 Å². The van der Waals surface area contributed by atoms with Crippen molar-refractivity contribution in [3.05, 3.63) is 59.7 Å². The van der Waals surface area contributed by atoms with Gasteiger partial charge in [-0.2, -0.15) is 0 Å². The summed E-state index contributed by atoms with van der Waals surface area (Å²) in [6.45, 7) is 3.83. The number of carboxylic acids is 1. The molecule has 242 valence electrons. The molecule has 0 aromatic heterocycles. The summed E-state index contributed by atoms with van der Waals surface area (Å²) < 4.78 is 5.73. The predicted octanol–water partition coefficient (Wildman–Crippen LogP) is 3.74. The molecule has 0 bridgehead atoms. The number of alkyl carbamates (subject to hydrolysis) is 1. The van der Waals surface area contributed by atoms with Crippen LogP contribution < -0.4 is 11.1 Å². The van der Waals surface area contributed by atoms with Crippen LogP contribution in [0.25, 0.3) is 11.1 Å². The second-order valence-corrected chi connectivity index (χ2v) is 12.2. The third-order valence-corrected chi connectivity index (χ3v) is 9.46. The van der Waals surface area contributed by atoms with E-state index < -0.39 is 54.3 Å². The molecule has 1 saturated carbocycles. The SMILES string of the molecule is CC[C@H](C)[C@H](NC(=O)OCC1c2ccccc2-c2ccccc21)C(=O)N(C)C(C(=O)N(C)[C@@H](CC(N)=O)C(=O)O)C1CCCC1. The highest BCUT2D eigenvalue weighted by Gasteiger charge is 2.43. The van der Waals surface area contributed by atoms with Gasteiger partial charge in [-0.1, -0.05) is 81.6 Å². The van der Waals surface area contributed by atoms with Gasteiger partial charge in [0, 0.05) is 20.0 Å². The second-order valence-electron chi connectivity index (χ2n) is 12.2. The smallest absolute Gasteiger partial charge is 0.407 e. The lowest BCUT2D eigenvalue weighted by atomic mass is 9.92. The van der Waals surface area contributed by atoms with Crippen LogP contribution in [0.5, 0.6) is 0 Å². The number of aliphatic carboxylic acids is 1. The number of amides is 4. The Labute approximate surface area is 264 Å². The normalized spacial score (nSPS) is 16.9. The van der Waals surface area contributed by atoms with Crippen LogP contribution in [0, 0.1) is 11.8 Å². The topological polar surface area (TPSA) is 159 Å². The average molecular weight is 621 g/mol. The molecule has 4 atom stereocenters. The predicted molar refractivity (Wildman–Crippen MR) is 168 cm³/mol. The van der Waals surface area contributed by atoms with Gasteiger partial charge in [-0.3, -0.25) is 14.4 Å². The van der Waals surface area contributed by atoms with Gasteiger partial charge in [0.05, 0.1) is 6.42 Å². The lowest BCUT2D eigenvalue weighted by Gasteiger charge is -2.38. The van der Waals surface area contributed by atoms with Crippen molar-refractivity contribution in [2.45, 2.75) is 76.4 Å². The van der Waals surface area contributed by atoms with E-state index in [0.717, 1.165) is 40.0 Å². The summed E-state index contributed by atoms with van der Waals surface area (Å²) >= 11 is 0. The van der Waals surface area contributed by atoms with Gasteiger partial charge in [-0.25, -0.2) is 9.59 Å². The maximum absolute atomic E-state index is 14.1. The summed E-state index contributed by atoms with van der Waals surface area (Å²) in [5, 5.41) is 12.5. The van der Waals surface area contributed by atoms with Crippen molar-refractivity contribution in [1.29, 1.82) is 0 Å². The average Bonchev–Trinajstić information content (AvgIpc) is 3.67. The Morgan fingerprint density at radius 2 is 1.49 bits per heavy atom. The minimum absolute atomic E-state index is 0.0849. The zero-order chi connectivity index (χ0) is 32.8. The number of nitrogens with two attached hydrogens (primary N) is 1. The number of benzene rings is 2. The number of fused-ring (bicyclic) bond motifs is 3. The monoisotopic (exact) mass is 620 g/mol. The van der Waals surface area contributed by atoms with Gasteiger partial charge in [-0.05, 0) is 46.9 Å². The van der Waals surface area contributed by atoms with Crippen LogP contribution in [0.2, 0.25) is 0 Å². The Hall–Kier alpha value is -4.41. The molecule has 0 aliphatic heterocycles. The molecule has 1 unspecified atom stereocenters. The minimum Gasteiger partial charge on any atom is -0.480 e. The Morgan fingerprint density at radius 1 is 0.933 bits per heavy atom. The second kappa shape index (κ2) is 14.6. The number of primary amides is 1. The molecular weight excluding hydrogens is 576 g/mol. The van der Waals surface area contributed by atoms with Gasteiger partial charge < -0.3 is 30.7 Å². The Balaban J connectivity index is 1.51. The third-order valence-electron chi connectivity index (χ3n) is 9.46. The zero-order valence-corrected chi connectivity index (χ0v) is 26.4. The molecule has 1 fully saturated rings. The maximum Gasteiger partial charge on any atom is 0.407 e. The van der Waals surface area contributed by atoms with E-state index in [1.165, 1.54) is 19.0 Å². The Morgan fingerprint density at radius 3 is 2.00 bits per heavy atom. The fourth-order valence-electron chi connectivity index (χ4n) is 6.71. The molecular formula is C34H44N4O7. The number of nitrogens with one attached hydrogen (secondary N) is 1. The third kappa shape index (κ3) is 7.29. The van der Waals surface area contributed by atoms with Crippen molar-refractivity contribution < 1.29 is 33.8 Å². The first kappa shape index (κ1) is 33.5. The fraction of sp³-hybridized carbons (Fsp3) is 0.500. The number of likely N-dealkylation sites (N-methyl/N-ethyl adjacent to an activating group) is 2.